The molecule has 3 aliphatic carbocycles. The van der Waals surface area contributed by atoms with Gasteiger partial charge >= 0.3 is 0 Å². The monoisotopic (exact) mass is 482 g/mol. The number of carbonyl (C=O) groups excluding carboxylic acids is 1. The van der Waals surface area contributed by atoms with Crippen LogP contribution in [0.25, 0.3) is 0 Å². The molecule has 0 spiro atoms. The standard InChI is InChI=1S/C31H50N2O2/c1-22(34)21-30(2,3)33-19-9-7-6-8-18-32-29-15-14-28-27-12-10-23-20-24(35-5)11-13-25(23)26(27)16-17-31(28,29)4/h11,13,20,26-29,32-33H,6-10,12,14-19,21H2,1-5H3/t26?,27?,28?,29-,31-/m0/s1. The van der Waals surface area contributed by atoms with Gasteiger partial charge in [0.05, 0.1) is 7.11 Å². The summed E-state index contributed by atoms with van der Waals surface area (Å²) in [4.78, 5) is 11.4. The lowest BCUT2D eigenvalue weighted by atomic mass is 9.55. The van der Waals surface area contributed by atoms with Crippen LogP contribution in [0.5, 0.6) is 5.75 Å². The SMILES string of the molecule is COc1ccc2c(c1)CCC1C2CC[C@@]2(C)C1CC[C@@H]2NCCCCCCNC(C)(C)CC(C)=O. The lowest BCUT2D eigenvalue weighted by Crippen LogP contribution is -2.48. The zero-order valence-corrected chi connectivity index (χ0v) is 23.1. The van der Waals surface area contributed by atoms with Crippen LogP contribution < -0.4 is 15.4 Å². The Hall–Kier alpha value is -1.39. The number of ether oxygens (including phenoxy) is 1. The molecule has 1 aromatic rings. The van der Waals surface area contributed by atoms with Crippen molar-refractivity contribution < 1.29 is 9.53 Å². The second-order valence-electron chi connectivity index (χ2n) is 12.7. The van der Waals surface area contributed by atoms with Crippen LogP contribution in [0.4, 0.5) is 0 Å². The van der Waals surface area contributed by atoms with Gasteiger partial charge < -0.3 is 15.4 Å². The van der Waals surface area contributed by atoms with Crippen LogP contribution in [0.3, 0.4) is 0 Å². The minimum absolute atomic E-state index is 0.0753. The van der Waals surface area contributed by atoms with Crippen LogP contribution in [0, 0.1) is 17.3 Å². The number of nitrogens with one attached hydrogen (secondary N) is 2. The summed E-state index contributed by atoms with van der Waals surface area (Å²) in [6, 6.07) is 7.54. The molecule has 0 saturated heterocycles. The quantitative estimate of drug-likeness (QED) is 0.338. The Morgan fingerprint density at radius 1 is 1.09 bits per heavy atom. The highest BCUT2D eigenvalue weighted by Crippen LogP contribution is 2.61. The highest BCUT2D eigenvalue weighted by Gasteiger charge is 2.54. The van der Waals surface area contributed by atoms with Crippen LogP contribution >= 0.6 is 0 Å². The first-order chi connectivity index (χ1) is 16.7. The molecule has 1 aromatic carbocycles. The molecular formula is C31H50N2O2. The molecule has 0 aromatic heterocycles. The lowest BCUT2D eigenvalue weighted by molar-refractivity contribution is -0.118. The molecule has 3 unspecified atom stereocenters. The highest BCUT2D eigenvalue weighted by molar-refractivity contribution is 5.76. The number of methoxy groups -OCH3 is 1. The van der Waals surface area contributed by atoms with Crippen molar-refractivity contribution in [3.63, 3.8) is 0 Å². The van der Waals surface area contributed by atoms with Gasteiger partial charge in [-0.15, -0.1) is 0 Å². The number of benzene rings is 1. The summed E-state index contributed by atoms with van der Waals surface area (Å²) in [5, 5.41) is 7.57. The first-order valence-electron chi connectivity index (χ1n) is 14.4. The molecule has 196 valence electrons. The van der Waals surface area contributed by atoms with Gasteiger partial charge in [0.1, 0.15) is 11.5 Å². The third-order valence-electron chi connectivity index (χ3n) is 9.72. The predicted octanol–water partition coefficient (Wildman–Crippen LogP) is 6.42. The molecule has 4 nitrogen and oxygen atoms in total. The molecule has 2 N–H and O–H groups in total. The van der Waals surface area contributed by atoms with Gasteiger partial charge in [-0.2, -0.15) is 0 Å². The molecular weight excluding hydrogens is 432 g/mol. The average Bonchev–Trinajstić information content (AvgIpc) is 3.15. The van der Waals surface area contributed by atoms with Crippen LogP contribution in [-0.4, -0.2) is 37.6 Å². The summed E-state index contributed by atoms with van der Waals surface area (Å²) in [6.45, 7) is 10.7. The molecule has 0 radical (unpaired) electrons. The van der Waals surface area contributed by atoms with E-state index in [9.17, 15) is 4.79 Å². The maximum absolute atomic E-state index is 11.4. The van der Waals surface area contributed by atoms with Crippen LogP contribution in [-0.2, 0) is 11.2 Å². The van der Waals surface area contributed by atoms with Gasteiger partial charge in [0.25, 0.3) is 0 Å². The maximum atomic E-state index is 11.4. The van der Waals surface area contributed by atoms with Gasteiger partial charge in [0.15, 0.2) is 0 Å². The molecule has 4 heteroatoms. The molecule has 0 amide bonds. The Kier molecular flexibility index (Phi) is 8.64. The van der Waals surface area contributed by atoms with E-state index in [1.54, 1.807) is 25.2 Å². The minimum atomic E-state index is -0.0753. The fraction of sp³-hybridized carbons (Fsp3) is 0.774. The fourth-order valence-electron chi connectivity index (χ4n) is 8.01. The number of hydrogen-bond donors (Lipinski definition) is 2. The van der Waals surface area contributed by atoms with Crippen molar-refractivity contribution in [3.05, 3.63) is 29.3 Å². The fourth-order valence-corrected chi connectivity index (χ4v) is 8.01. The molecule has 0 bridgehead atoms. The molecule has 2 fully saturated rings. The van der Waals surface area contributed by atoms with Crippen molar-refractivity contribution in [3.8, 4) is 5.75 Å². The van der Waals surface area contributed by atoms with E-state index in [1.165, 1.54) is 64.2 Å². The van der Waals surface area contributed by atoms with Gasteiger partial charge in [-0.3, -0.25) is 4.79 Å². The summed E-state index contributed by atoms with van der Waals surface area (Å²) < 4.78 is 5.49. The number of Topliss-reactive ketones (excluding diaryl/α,β-unsaturated/α-hetero) is 1. The smallest absolute Gasteiger partial charge is 0.131 e. The van der Waals surface area contributed by atoms with Gasteiger partial charge in [0.2, 0.25) is 0 Å². The Morgan fingerprint density at radius 3 is 2.60 bits per heavy atom. The lowest BCUT2D eigenvalue weighted by Gasteiger charge is -2.51. The molecule has 0 aliphatic heterocycles. The summed E-state index contributed by atoms with van der Waals surface area (Å²) in [6.07, 6.45) is 13.7. The Labute approximate surface area is 214 Å². The van der Waals surface area contributed by atoms with Gasteiger partial charge in [0, 0.05) is 18.0 Å². The molecule has 35 heavy (non-hydrogen) atoms. The largest absolute Gasteiger partial charge is 0.497 e. The Bertz CT molecular complexity index is 866. The van der Waals surface area contributed by atoms with Crippen molar-refractivity contribution in [2.75, 3.05) is 20.2 Å². The van der Waals surface area contributed by atoms with Gasteiger partial charge in [-0.05, 0) is 132 Å². The second-order valence-corrected chi connectivity index (χ2v) is 12.7. The van der Waals surface area contributed by atoms with E-state index >= 15 is 0 Å². The highest BCUT2D eigenvalue weighted by atomic mass is 16.5. The Balaban J connectivity index is 1.19. The summed E-state index contributed by atoms with van der Waals surface area (Å²) in [5.41, 5.74) is 3.56. The third-order valence-corrected chi connectivity index (χ3v) is 9.72. The number of fused-ring (bicyclic) bond motifs is 5. The zero-order chi connectivity index (χ0) is 25.1. The Morgan fingerprint density at radius 2 is 1.86 bits per heavy atom. The van der Waals surface area contributed by atoms with Crippen molar-refractivity contribution in [2.24, 2.45) is 17.3 Å². The molecule has 3 aliphatic rings. The van der Waals surface area contributed by atoms with E-state index < -0.39 is 0 Å². The number of ketones is 1. The summed E-state index contributed by atoms with van der Waals surface area (Å²) in [5.74, 6) is 3.77. The first kappa shape index (κ1) is 26.7. The predicted molar refractivity (Wildman–Crippen MR) is 145 cm³/mol. The number of carbonyl (C=O) groups is 1. The van der Waals surface area contributed by atoms with E-state index in [1.807, 2.05) is 0 Å². The molecule has 2 saturated carbocycles. The minimum Gasteiger partial charge on any atom is -0.497 e. The number of aryl methyl sites for hydroxylation is 1. The van der Waals surface area contributed by atoms with Crippen LogP contribution in [0.1, 0.15) is 109 Å². The summed E-state index contributed by atoms with van der Waals surface area (Å²) >= 11 is 0. The van der Waals surface area contributed by atoms with E-state index in [2.05, 4.69) is 49.6 Å². The molecule has 4 rings (SSSR count). The van der Waals surface area contributed by atoms with Crippen LogP contribution in [0.2, 0.25) is 0 Å². The van der Waals surface area contributed by atoms with Crippen molar-refractivity contribution in [2.45, 2.75) is 116 Å². The summed E-state index contributed by atoms with van der Waals surface area (Å²) in [7, 11) is 1.78. The normalized spacial score (nSPS) is 29.9. The number of unbranched alkanes of at least 4 members (excludes halogenated alkanes) is 3. The zero-order valence-electron chi connectivity index (χ0n) is 23.1. The van der Waals surface area contributed by atoms with Crippen molar-refractivity contribution in [1.29, 1.82) is 0 Å². The number of rotatable bonds is 12. The van der Waals surface area contributed by atoms with E-state index in [0.29, 0.717) is 17.9 Å². The van der Waals surface area contributed by atoms with E-state index in [-0.39, 0.29) is 11.3 Å². The van der Waals surface area contributed by atoms with E-state index in [0.717, 1.165) is 36.6 Å². The average molecular weight is 483 g/mol. The van der Waals surface area contributed by atoms with E-state index in [4.69, 9.17) is 4.74 Å². The molecule has 0 heterocycles. The van der Waals surface area contributed by atoms with Gasteiger partial charge in [-0.25, -0.2) is 0 Å². The van der Waals surface area contributed by atoms with Crippen molar-refractivity contribution in [1.82, 2.24) is 10.6 Å². The third kappa shape index (κ3) is 6.13. The maximum Gasteiger partial charge on any atom is 0.131 e. The molecule has 5 atom stereocenters. The first-order valence-corrected chi connectivity index (χ1v) is 14.4. The van der Waals surface area contributed by atoms with Crippen LogP contribution in [0.15, 0.2) is 18.2 Å². The van der Waals surface area contributed by atoms with Gasteiger partial charge in [-0.1, -0.05) is 25.8 Å². The topological polar surface area (TPSA) is 50.4 Å². The second kappa shape index (κ2) is 11.3. The number of hydrogen-bond acceptors (Lipinski definition) is 4. The van der Waals surface area contributed by atoms with Crippen molar-refractivity contribution >= 4 is 5.78 Å².